The molecule has 2 amide bonds. The van der Waals surface area contributed by atoms with Gasteiger partial charge in [-0.2, -0.15) is 4.98 Å². The first-order chi connectivity index (χ1) is 18.3. The number of carbonyl (C=O) groups excluding carboxylic acids is 1. The molecule has 11 heteroatoms. The first-order valence-corrected chi connectivity index (χ1v) is 13.8. The van der Waals surface area contributed by atoms with Gasteiger partial charge in [0.25, 0.3) is 0 Å². The number of aromatic nitrogens is 2. The van der Waals surface area contributed by atoms with Crippen LogP contribution in [0.4, 0.5) is 27.8 Å². The third kappa shape index (κ3) is 6.37. The van der Waals surface area contributed by atoms with Crippen LogP contribution in [0, 0.1) is 0 Å². The van der Waals surface area contributed by atoms with Crippen LogP contribution >= 0.6 is 0 Å². The molecule has 3 aromatic carbocycles. The molecule has 4 aromatic rings. The van der Waals surface area contributed by atoms with Crippen LogP contribution in [0.5, 0.6) is 17.4 Å². The Morgan fingerprint density at radius 2 is 1.84 bits per heavy atom. The van der Waals surface area contributed by atoms with Crippen LogP contribution in [-0.4, -0.2) is 43.8 Å². The molecule has 1 aliphatic rings. The lowest BCUT2D eigenvalue weighted by molar-refractivity contribution is 0.250. The number of hydrogen-bond acceptors (Lipinski definition) is 8. The van der Waals surface area contributed by atoms with Crippen molar-refractivity contribution in [2.45, 2.75) is 5.75 Å². The van der Waals surface area contributed by atoms with Crippen molar-refractivity contribution in [1.29, 1.82) is 0 Å². The van der Waals surface area contributed by atoms with Gasteiger partial charge in [0, 0.05) is 36.0 Å². The molecule has 0 fully saturated rings. The molecule has 0 unspecified atom stereocenters. The second-order valence-electron chi connectivity index (χ2n) is 8.64. The van der Waals surface area contributed by atoms with E-state index < -0.39 is 9.84 Å². The molecule has 0 saturated heterocycles. The van der Waals surface area contributed by atoms with Gasteiger partial charge in [0.15, 0.2) is 9.84 Å². The number of nitrogens with zero attached hydrogens (tertiary/aromatic N) is 3. The second-order valence-corrected chi connectivity index (χ2v) is 10.8. The average molecular weight is 532 g/mol. The van der Waals surface area contributed by atoms with E-state index in [1.165, 1.54) is 6.26 Å². The molecule has 1 aliphatic heterocycles. The molecule has 1 aromatic heterocycles. The van der Waals surface area contributed by atoms with Crippen molar-refractivity contribution in [2.24, 2.45) is 0 Å². The van der Waals surface area contributed by atoms with E-state index in [2.05, 4.69) is 20.6 Å². The Balaban J connectivity index is 1.28. The number of ether oxygens (including phenoxy) is 2. The van der Waals surface area contributed by atoms with Crippen LogP contribution < -0.4 is 25.0 Å². The maximum Gasteiger partial charge on any atom is 0.326 e. The summed E-state index contributed by atoms with van der Waals surface area (Å²) in [6, 6.07) is 22.9. The van der Waals surface area contributed by atoms with Gasteiger partial charge in [0.2, 0.25) is 11.8 Å². The number of nitrogens with one attached hydrogen (secondary N) is 2. The van der Waals surface area contributed by atoms with E-state index in [4.69, 9.17) is 9.47 Å². The molecular weight excluding hydrogens is 506 g/mol. The minimum Gasteiger partial charge on any atom is -0.489 e. The number of para-hydroxylation sites is 1. The van der Waals surface area contributed by atoms with E-state index in [0.717, 1.165) is 0 Å². The van der Waals surface area contributed by atoms with Crippen molar-refractivity contribution in [3.8, 4) is 17.4 Å². The van der Waals surface area contributed by atoms with Crippen molar-refractivity contribution in [2.75, 3.05) is 34.9 Å². The SMILES string of the molecule is CS(=O)(=O)Cc1cccc(Nc2nccc(Oc3ccc4c(c3)OCCN4C(=O)Nc3ccccc3)n2)c1. The number of carbonyl (C=O) groups is 1. The molecule has 0 spiro atoms. The molecule has 10 nitrogen and oxygen atoms in total. The Bertz CT molecular complexity index is 1560. The van der Waals surface area contributed by atoms with Gasteiger partial charge < -0.3 is 20.1 Å². The summed E-state index contributed by atoms with van der Waals surface area (Å²) >= 11 is 0. The first-order valence-electron chi connectivity index (χ1n) is 11.8. The van der Waals surface area contributed by atoms with Crippen LogP contribution in [-0.2, 0) is 15.6 Å². The summed E-state index contributed by atoms with van der Waals surface area (Å²) in [5, 5.41) is 5.97. The fraction of sp³-hybridized carbons (Fsp3) is 0.148. The van der Waals surface area contributed by atoms with Crippen molar-refractivity contribution in [3.63, 3.8) is 0 Å². The Morgan fingerprint density at radius 1 is 1.03 bits per heavy atom. The zero-order valence-corrected chi connectivity index (χ0v) is 21.3. The predicted molar refractivity (Wildman–Crippen MR) is 145 cm³/mol. The van der Waals surface area contributed by atoms with Crippen molar-refractivity contribution < 1.29 is 22.7 Å². The zero-order chi connectivity index (χ0) is 26.5. The minimum absolute atomic E-state index is 0.0573. The van der Waals surface area contributed by atoms with Crippen LogP contribution in [0.3, 0.4) is 0 Å². The van der Waals surface area contributed by atoms with Crippen LogP contribution in [0.15, 0.2) is 85.1 Å². The number of anilines is 4. The van der Waals surface area contributed by atoms with Gasteiger partial charge in [-0.1, -0.05) is 30.3 Å². The number of benzene rings is 3. The standard InChI is InChI=1S/C27H25N5O5S/c1-38(34,35)18-19-6-5-9-21(16-19)29-26-28-13-12-25(31-26)37-22-10-11-23-24(17-22)36-15-14-32(23)27(33)30-20-7-3-2-4-8-20/h2-13,16-17H,14-15,18H2,1H3,(H,30,33)(H,28,29,31). The zero-order valence-electron chi connectivity index (χ0n) is 20.5. The fourth-order valence-electron chi connectivity index (χ4n) is 3.94. The molecule has 0 radical (unpaired) electrons. The lowest BCUT2D eigenvalue weighted by Crippen LogP contribution is -2.40. The smallest absolute Gasteiger partial charge is 0.326 e. The Hall–Kier alpha value is -4.64. The Morgan fingerprint density at radius 3 is 2.66 bits per heavy atom. The number of amides is 2. The summed E-state index contributed by atoms with van der Waals surface area (Å²) in [6.07, 6.45) is 2.75. The number of hydrogen-bond donors (Lipinski definition) is 2. The summed E-state index contributed by atoms with van der Waals surface area (Å²) < 4.78 is 34.9. The fourth-order valence-corrected chi connectivity index (χ4v) is 4.72. The first kappa shape index (κ1) is 25.0. The highest BCUT2D eigenvalue weighted by Gasteiger charge is 2.24. The van der Waals surface area contributed by atoms with Crippen molar-refractivity contribution in [3.05, 3.63) is 90.6 Å². The minimum atomic E-state index is -3.15. The van der Waals surface area contributed by atoms with Gasteiger partial charge in [-0.3, -0.25) is 4.90 Å². The number of fused-ring (bicyclic) bond motifs is 1. The molecule has 0 atom stereocenters. The normalized spacial score (nSPS) is 12.7. The van der Waals surface area contributed by atoms with Gasteiger partial charge in [0.05, 0.1) is 18.0 Å². The number of sulfone groups is 1. The molecule has 0 saturated carbocycles. The van der Waals surface area contributed by atoms with Gasteiger partial charge in [0.1, 0.15) is 18.1 Å². The lowest BCUT2D eigenvalue weighted by atomic mass is 10.2. The van der Waals surface area contributed by atoms with Gasteiger partial charge in [-0.05, 0) is 42.0 Å². The monoisotopic (exact) mass is 531 g/mol. The van der Waals surface area contributed by atoms with E-state index in [1.54, 1.807) is 59.6 Å². The van der Waals surface area contributed by atoms with Gasteiger partial charge in [-0.25, -0.2) is 18.2 Å². The quantitative estimate of drug-likeness (QED) is 0.342. The van der Waals surface area contributed by atoms with Crippen molar-refractivity contribution >= 4 is 38.9 Å². The maximum atomic E-state index is 12.9. The highest BCUT2D eigenvalue weighted by molar-refractivity contribution is 7.89. The van der Waals surface area contributed by atoms with Crippen LogP contribution in [0.2, 0.25) is 0 Å². The van der Waals surface area contributed by atoms with Crippen molar-refractivity contribution in [1.82, 2.24) is 9.97 Å². The van der Waals surface area contributed by atoms with E-state index in [1.807, 2.05) is 30.3 Å². The second kappa shape index (κ2) is 10.8. The Labute approximate surface area is 220 Å². The summed E-state index contributed by atoms with van der Waals surface area (Å²) in [5.41, 5.74) is 2.65. The van der Waals surface area contributed by atoms with E-state index in [-0.39, 0.29) is 17.7 Å². The summed E-state index contributed by atoms with van der Waals surface area (Å²) in [5.74, 6) is 1.53. The average Bonchev–Trinajstić information content (AvgIpc) is 2.88. The molecule has 2 heterocycles. The van der Waals surface area contributed by atoms with E-state index >= 15 is 0 Å². The van der Waals surface area contributed by atoms with Gasteiger partial charge >= 0.3 is 6.03 Å². The topological polar surface area (TPSA) is 123 Å². The summed E-state index contributed by atoms with van der Waals surface area (Å²) in [6.45, 7) is 0.761. The predicted octanol–water partition coefficient (Wildman–Crippen LogP) is 4.99. The highest BCUT2D eigenvalue weighted by Crippen LogP contribution is 2.36. The summed E-state index contributed by atoms with van der Waals surface area (Å²) in [7, 11) is -3.15. The Kier molecular flexibility index (Phi) is 7.09. The summed E-state index contributed by atoms with van der Waals surface area (Å²) in [4.78, 5) is 23.1. The third-order valence-electron chi connectivity index (χ3n) is 5.53. The molecule has 194 valence electrons. The molecular formula is C27H25N5O5S. The molecule has 2 N–H and O–H groups in total. The number of urea groups is 1. The van der Waals surface area contributed by atoms with E-state index in [0.29, 0.717) is 53.2 Å². The molecule has 5 rings (SSSR count). The third-order valence-corrected chi connectivity index (χ3v) is 6.39. The van der Waals surface area contributed by atoms with Crippen LogP contribution in [0.1, 0.15) is 5.56 Å². The van der Waals surface area contributed by atoms with E-state index in [9.17, 15) is 13.2 Å². The van der Waals surface area contributed by atoms with Crippen LogP contribution in [0.25, 0.3) is 0 Å². The van der Waals surface area contributed by atoms with Gasteiger partial charge in [-0.15, -0.1) is 0 Å². The lowest BCUT2D eigenvalue weighted by Gasteiger charge is -2.29. The largest absolute Gasteiger partial charge is 0.489 e. The highest BCUT2D eigenvalue weighted by atomic mass is 32.2. The molecule has 38 heavy (non-hydrogen) atoms. The maximum absolute atomic E-state index is 12.9. The molecule has 0 bridgehead atoms. The number of rotatable bonds is 7. The molecule has 0 aliphatic carbocycles.